The maximum absolute atomic E-state index is 3.51. The minimum Gasteiger partial charge on any atom is -0.309 e. The van der Waals surface area contributed by atoms with Gasteiger partial charge < -0.3 is 4.57 Å². The first-order valence-electron chi connectivity index (χ1n) is 9.55. The minimum atomic E-state index is 1.10. The number of para-hydroxylation sites is 1. The van der Waals surface area contributed by atoms with Crippen LogP contribution in [0, 0.1) is 0 Å². The lowest BCUT2D eigenvalue weighted by Crippen LogP contribution is -1.93. The summed E-state index contributed by atoms with van der Waals surface area (Å²) in [5.41, 5.74) is 6.15. The number of rotatable bonds is 2. The Morgan fingerprint density at radius 2 is 1.38 bits per heavy atom. The molecule has 1 nitrogen and oxygen atoms in total. The summed E-state index contributed by atoms with van der Waals surface area (Å²) in [6.45, 7) is 0. The van der Waals surface area contributed by atoms with Crippen molar-refractivity contribution in [3.8, 4) is 16.8 Å². The summed E-state index contributed by atoms with van der Waals surface area (Å²) in [4.78, 5) is 0. The summed E-state index contributed by atoms with van der Waals surface area (Å²) >= 11 is 5.34. The number of fused-ring (bicyclic) bond motifs is 5. The van der Waals surface area contributed by atoms with E-state index in [4.69, 9.17) is 0 Å². The number of hydrogen-bond acceptors (Lipinski definition) is 1. The topological polar surface area (TPSA) is 4.93 Å². The molecule has 29 heavy (non-hydrogen) atoms. The molecule has 0 atom stereocenters. The monoisotopic (exact) mass is 453 g/mol. The van der Waals surface area contributed by atoms with E-state index in [9.17, 15) is 0 Å². The van der Waals surface area contributed by atoms with E-state index < -0.39 is 0 Å². The van der Waals surface area contributed by atoms with Gasteiger partial charge in [0, 0.05) is 25.6 Å². The van der Waals surface area contributed by atoms with Gasteiger partial charge in [0.05, 0.1) is 11.0 Å². The van der Waals surface area contributed by atoms with Crippen molar-refractivity contribution >= 4 is 59.2 Å². The van der Waals surface area contributed by atoms with Crippen LogP contribution in [0.25, 0.3) is 48.7 Å². The lowest BCUT2D eigenvalue weighted by Gasteiger charge is -2.09. The average molecular weight is 454 g/mol. The lowest BCUT2D eigenvalue weighted by molar-refractivity contribution is 1.18. The summed E-state index contributed by atoms with van der Waals surface area (Å²) < 4.78 is 4.85. The van der Waals surface area contributed by atoms with Crippen LogP contribution in [-0.4, -0.2) is 4.57 Å². The van der Waals surface area contributed by atoms with Crippen LogP contribution in [-0.2, 0) is 0 Å². The Hall–Kier alpha value is -2.88. The third-order valence-electron chi connectivity index (χ3n) is 5.56. The van der Waals surface area contributed by atoms with Crippen molar-refractivity contribution in [2.24, 2.45) is 0 Å². The molecule has 0 N–H and O–H groups in total. The van der Waals surface area contributed by atoms with E-state index in [2.05, 4.69) is 117 Å². The predicted octanol–water partition coefficient (Wildman–Crippen LogP) is 8.43. The van der Waals surface area contributed by atoms with Crippen LogP contribution >= 0.6 is 27.3 Å². The van der Waals surface area contributed by atoms with Gasteiger partial charge in [-0.15, -0.1) is 11.3 Å². The molecule has 6 aromatic rings. The van der Waals surface area contributed by atoms with Crippen LogP contribution in [0.4, 0.5) is 0 Å². The second-order valence-electron chi connectivity index (χ2n) is 7.20. The number of aromatic nitrogens is 1. The van der Waals surface area contributed by atoms with E-state index in [0.29, 0.717) is 0 Å². The predicted molar refractivity (Wildman–Crippen MR) is 129 cm³/mol. The van der Waals surface area contributed by atoms with Gasteiger partial charge in [-0.05, 0) is 64.4 Å². The Bertz CT molecular complexity index is 1490. The Labute approximate surface area is 181 Å². The first-order chi connectivity index (χ1) is 14.3. The Balaban J connectivity index is 1.59. The Morgan fingerprint density at radius 3 is 2.17 bits per heavy atom. The molecule has 0 bridgehead atoms. The van der Waals surface area contributed by atoms with Crippen LogP contribution < -0.4 is 0 Å². The van der Waals surface area contributed by atoms with Crippen molar-refractivity contribution in [2.75, 3.05) is 0 Å². The molecule has 0 unspecified atom stereocenters. The highest BCUT2D eigenvalue weighted by Crippen LogP contribution is 2.39. The van der Waals surface area contributed by atoms with E-state index in [1.807, 2.05) is 11.3 Å². The molecule has 138 valence electrons. The van der Waals surface area contributed by atoms with Gasteiger partial charge in [0.15, 0.2) is 0 Å². The zero-order chi connectivity index (χ0) is 19.4. The molecule has 0 aliphatic carbocycles. The van der Waals surface area contributed by atoms with Crippen LogP contribution in [0.3, 0.4) is 0 Å². The van der Waals surface area contributed by atoms with Crippen molar-refractivity contribution < 1.29 is 0 Å². The van der Waals surface area contributed by atoms with Gasteiger partial charge in [0.1, 0.15) is 0 Å². The fraction of sp³-hybridized carbons (Fsp3) is 0. The molecule has 3 heteroatoms. The van der Waals surface area contributed by atoms with Crippen molar-refractivity contribution in [1.29, 1.82) is 0 Å². The third-order valence-corrected chi connectivity index (χ3v) is 7.03. The molecule has 2 aromatic heterocycles. The molecule has 6 rings (SSSR count). The first kappa shape index (κ1) is 17.0. The molecule has 4 aromatic carbocycles. The van der Waals surface area contributed by atoms with Gasteiger partial charge in [0.2, 0.25) is 0 Å². The highest BCUT2D eigenvalue weighted by Gasteiger charge is 2.15. The fourth-order valence-electron chi connectivity index (χ4n) is 4.20. The van der Waals surface area contributed by atoms with Crippen molar-refractivity contribution in [3.05, 3.63) is 101 Å². The zero-order valence-electron chi connectivity index (χ0n) is 15.5. The zero-order valence-corrected chi connectivity index (χ0v) is 17.9. The normalized spacial score (nSPS) is 11.6. The Kier molecular flexibility index (Phi) is 3.86. The molecular formula is C26H16BrNS. The van der Waals surface area contributed by atoms with Crippen LogP contribution in [0.2, 0.25) is 0 Å². The molecule has 0 spiro atoms. The maximum Gasteiger partial charge on any atom is 0.0555 e. The van der Waals surface area contributed by atoms with Gasteiger partial charge in [-0.3, -0.25) is 0 Å². The summed E-state index contributed by atoms with van der Waals surface area (Å²) in [7, 11) is 0. The number of hydrogen-bond donors (Lipinski definition) is 0. The molecule has 0 saturated carbocycles. The van der Waals surface area contributed by atoms with Gasteiger partial charge in [-0.25, -0.2) is 0 Å². The second-order valence-corrected chi connectivity index (χ2v) is 9.04. The van der Waals surface area contributed by atoms with E-state index in [-0.39, 0.29) is 0 Å². The van der Waals surface area contributed by atoms with Crippen LogP contribution in [0.15, 0.2) is 101 Å². The van der Waals surface area contributed by atoms with Crippen LogP contribution in [0.5, 0.6) is 0 Å². The second kappa shape index (κ2) is 6.58. The number of thiophene rings is 1. The number of benzene rings is 4. The third kappa shape index (κ3) is 2.65. The average Bonchev–Trinajstić information content (AvgIpc) is 3.36. The lowest BCUT2D eigenvalue weighted by atomic mass is 10.1. The fourth-order valence-corrected chi connectivity index (χ4v) is 5.42. The molecule has 0 fully saturated rings. The van der Waals surface area contributed by atoms with Gasteiger partial charge >= 0.3 is 0 Å². The van der Waals surface area contributed by atoms with E-state index >= 15 is 0 Å². The molecule has 0 amide bonds. The maximum atomic E-state index is 3.51. The SMILES string of the molecule is Brc1ccc(-c2ccc(-n3c4ccccc4c4c5sccc5ccc43)cc2)cc1. The highest BCUT2D eigenvalue weighted by molar-refractivity contribution is 9.10. The smallest absolute Gasteiger partial charge is 0.0555 e. The number of halogens is 1. The summed E-state index contributed by atoms with van der Waals surface area (Å²) in [6.07, 6.45) is 0. The quantitative estimate of drug-likeness (QED) is 0.247. The van der Waals surface area contributed by atoms with Gasteiger partial charge in [-0.2, -0.15) is 0 Å². The largest absolute Gasteiger partial charge is 0.309 e. The van der Waals surface area contributed by atoms with Gasteiger partial charge in [-0.1, -0.05) is 64.5 Å². The molecule has 2 heterocycles. The molecule has 0 aliphatic rings. The van der Waals surface area contributed by atoms with Crippen molar-refractivity contribution in [3.63, 3.8) is 0 Å². The minimum absolute atomic E-state index is 1.10. The Morgan fingerprint density at radius 1 is 0.655 bits per heavy atom. The van der Waals surface area contributed by atoms with Crippen molar-refractivity contribution in [2.45, 2.75) is 0 Å². The molecule has 0 radical (unpaired) electrons. The molecular weight excluding hydrogens is 438 g/mol. The summed E-state index contributed by atoms with van der Waals surface area (Å²) in [5.74, 6) is 0. The molecule has 0 saturated heterocycles. The van der Waals surface area contributed by atoms with E-state index in [1.54, 1.807) is 0 Å². The van der Waals surface area contributed by atoms with Gasteiger partial charge in [0.25, 0.3) is 0 Å². The van der Waals surface area contributed by atoms with Crippen LogP contribution in [0.1, 0.15) is 0 Å². The highest BCUT2D eigenvalue weighted by atomic mass is 79.9. The summed E-state index contributed by atoms with van der Waals surface area (Å²) in [6, 6.07) is 32.8. The number of nitrogens with zero attached hydrogens (tertiary/aromatic N) is 1. The van der Waals surface area contributed by atoms with E-state index in [1.165, 1.54) is 48.7 Å². The standard InChI is InChI=1S/C26H16BrNS/c27-20-10-5-17(6-11-20)18-7-12-21(13-8-18)28-23-4-2-1-3-22(23)25-24(28)14-9-19-15-16-29-26(19)25/h1-16H. The first-order valence-corrected chi connectivity index (χ1v) is 11.2. The summed E-state index contributed by atoms with van der Waals surface area (Å²) in [5, 5.41) is 6.16. The van der Waals surface area contributed by atoms with E-state index in [0.717, 1.165) is 4.47 Å². The van der Waals surface area contributed by atoms with Crippen molar-refractivity contribution in [1.82, 2.24) is 4.57 Å². The molecule has 0 aliphatic heterocycles.